The normalized spacial score (nSPS) is 9.81. The molecule has 2 N–H and O–H groups in total. The molecule has 0 unspecified atom stereocenters. The summed E-state index contributed by atoms with van der Waals surface area (Å²) in [5.74, 6) is 0.274. The average Bonchev–Trinajstić information content (AvgIpc) is 2.25. The van der Waals surface area contributed by atoms with Gasteiger partial charge in [0, 0.05) is 6.54 Å². The van der Waals surface area contributed by atoms with Gasteiger partial charge in [0.1, 0.15) is 5.75 Å². The second-order valence-electron chi connectivity index (χ2n) is 3.42. The summed E-state index contributed by atoms with van der Waals surface area (Å²) in [7, 11) is 0. The first-order valence-corrected chi connectivity index (χ1v) is 5.41. The van der Waals surface area contributed by atoms with Crippen LogP contribution in [0.15, 0.2) is 24.3 Å². The molecule has 0 aliphatic heterocycles. The van der Waals surface area contributed by atoms with Crippen molar-refractivity contribution in [2.45, 2.75) is 19.8 Å². The molecule has 4 nitrogen and oxygen atoms in total. The standard InChI is InChI=1S/C12H17NO3/c1-2-16-12(15)13-8-4-6-10-5-3-7-11(14)9-10/h3,5,7,9,14H,2,4,6,8H2,1H3,(H,13,15). The van der Waals surface area contributed by atoms with Crippen molar-refractivity contribution in [3.8, 4) is 5.75 Å². The van der Waals surface area contributed by atoms with E-state index in [0.29, 0.717) is 13.2 Å². The van der Waals surface area contributed by atoms with Crippen molar-refractivity contribution >= 4 is 6.09 Å². The average molecular weight is 223 g/mol. The lowest BCUT2D eigenvalue weighted by atomic mass is 10.1. The zero-order valence-electron chi connectivity index (χ0n) is 9.40. The van der Waals surface area contributed by atoms with Crippen LogP contribution in [0.3, 0.4) is 0 Å². The summed E-state index contributed by atoms with van der Waals surface area (Å²) < 4.78 is 4.72. The van der Waals surface area contributed by atoms with Crippen LogP contribution in [-0.4, -0.2) is 24.4 Å². The number of carbonyl (C=O) groups excluding carboxylic acids is 1. The highest BCUT2D eigenvalue weighted by atomic mass is 16.5. The van der Waals surface area contributed by atoms with Gasteiger partial charge in [0.2, 0.25) is 0 Å². The molecule has 1 aromatic carbocycles. The van der Waals surface area contributed by atoms with E-state index in [-0.39, 0.29) is 11.8 Å². The van der Waals surface area contributed by atoms with Crippen LogP contribution in [0, 0.1) is 0 Å². The van der Waals surface area contributed by atoms with Crippen LogP contribution < -0.4 is 5.32 Å². The molecule has 4 heteroatoms. The third kappa shape index (κ3) is 4.68. The summed E-state index contributed by atoms with van der Waals surface area (Å²) in [6, 6.07) is 7.12. The van der Waals surface area contributed by atoms with E-state index < -0.39 is 0 Å². The highest BCUT2D eigenvalue weighted by Gasteiger charge is 1.99. The van der Waals surface area contributed by atoms with Gasteiger partial charge < -0.3 is 15.2 Å². The Balaban J connectivity index is 2.18. The summed E-state index contributed by atoms with van der Waals surface area (Å²) in [4.78, 5) is 10.9. The van der Waals surface area contributed by atoms with Gasteiger partial charge in [0.05, 0.1) is 6.61 Å². The van der Waals surface area contributed by atoms with Crippen LogP contribution in [-0.2, 0) is 11.2 Å². The molecule has 0 saturated heterocycles. The van der Waals surface area contributed by atoms with Crippen molar-refractivity contribution in [1.82, 2.24) is 5.32 Å². The molecule has 16 heavy (non-hydrogen) atoms. The van der Waals surface area contributed by atoms with Gasteiger partial charge in [-0.2, -0.15) is 0 Å². The third-order valence-corrected chi connectivity index (χ3v) is 2.10. The van der Waals surface area contributed by atoms with Gasteiger partial charge >= 0.3 is 6.09 Å². The molecule has 1 rings (SSSR count). The van der Waals surface area contributed by atoms with E-state index in [0.717, 1.165) is 18.4 Å². The summed E-state index contributed by atoms with van der Waals surface area (Å²) >= 11 is 0. The van der Waals surface area contributed by atoms with Gasteiger partial charge in [0.25, 0.3) is 0 Å². The SMILES string of the molecule is CCOC(=O)NCCCc1cccc(O)c1. The first-order chi connectivity index (χ1) is 7.72. The Morgan fingerprint density at radius 3 is 3.00 bits per heavy atom. The molecular formula is C12H17NO3. The molecule has 0 spiro atoms. The lowest BCUT2D eigenvalue weighted by Gasteiger charge is -2.05. The molecule has 1 aromatic rings. The zero-order valence-corrected chi connectivity index (χ0v) is 9.40. The summed E-state index contributed by atoms with van der Waals surface area (Å²) in [5.41, 5.74) is 1.06. The molecule has 88 valence electrons. The molecule has 0 bridgehead atoms. The first kappa shape index (κ1) is 12.4. The van der Waals surface area contributed by atoms with Crippen molar-refractivity contribution in [3.05, 3.63) is 29.8 Å². The maximum atomic E-state index is 10.9. The molecule has 0 saturated carbocycles. The maximum absolute atomic E-state index is 10.9. The Labute approximate surface area is 95.2 Å². The number of ether oxygens (including phenoxy) is 1. The Hall–Kier alpha value is -1.71. The van der Waals surface area contributed by atoms with E-state index in [9.17, 15) is 9.90 Å². The van der Waals surface area contributed by atoms with E-state index in [1.54, 1.807) is 19.1 Å². The summed E-state index contributed by atoms with van der Waals surface area (Å²) in [6.07, 6.45) is 1.27. The Morgan fingerprint density at radius 1 is 1.50 bits per heavy atom. The minimum Gasteiger partial charge on any atom is -0.508 e. The molecule has 1 amide bonds. The van der Waals surface area contributed by atoms with E-state index in [4.69, 9.17) is 4.74 Å². The van der Waals surface area contributed by atoms with E-state index in [1.165, 1.54) is 0 Å². The van der Waals surface area contributed by atoms with Crippen LogP contribution in [0.2, 0.25) is 0 Å². The number of alkyl carbamates (subject to hydrolysis) is 1. The quantitative estimate of drug-likeness (QED) is 0.751. The Bertz CT molecular complexity index is 339. The fourth-order valence-corrected chi connectivity index (χ4v) is 1.38. The number of rotatable bonds is 5. The smallest absolute Gasteiger partial charge is 0.407 e. The monoisotopic (exact) mass is 223 g/mol. The lowest BCUT2D eigenvalue weighted by molar-refractivity contribution is 0.152. The van der Waals surface area contributed by atoms with Crippen LogP contribution in [0.5, 0.6) is 5.75 Å². The van der Waals surface area contributed by atoms with Crippen molar-refractivity contribution in [3.63, 3.8) is 0 Å². The third-order valence-electron chi connectivity index (χ3n) is 2.10. The second-order valence-corrected chi connectivity index (χ2v) is 3.42. The first-order valence-electron chi connectivity index (χ1n) is 5.41. The number of benzene rings is 1. The number of aromatic hydroxyl groups is 1. The van der Waals surface area contributed by atoms with Gasteiger partial charge in [0.15, 0.2) is 0 Å². The van der Waals surface area contributed by atoms with Gasteiger partial charge in [-0.25, -0.2) is 4.79 Å². The van der Waals surface area contributed by atoms with E-state index in [1.807, 2.05) is 12.1 Å². The number of aryl methyl sites for hydroxylation is 1. The molecular weight excluding hydrogens is 206 g/mol. The van der Waals surface area contributed by atoms with Crippen LogP contribution in [0.1, 0.15) is 18.9 Å². The number of phenolic OH excluding ortho intramolecular Hbond substituents is 1. The molecule has 0 fully saturated rings. The second kappa shape index (κ2) is 6.71. The topological polar surface area (TPSA) is 58.6 Å². The predicted octanol–water partition coefficient (Wildman–Crippen LogP) is 2.07. The molecule has 0 aliphatic rings. The largest absolute Gasteiger partial charge is 0.508 e. The summed E-state index contributed by atoms with van der Waals surface area (Å²) in [6.45, 7) is 2.74. The maximum Gasteiger partial charge on any atom is 0.407 e. The van der Waals surface area contributed by atoms with Crippen LogP contribution >= 0.6 is 0 Å². The minimum atomic E-state index is -0.376. The number of hydrogen-bond acceptors (Lipinski definition) is 3. The number of carbonyl (C=O) groups is 1. The number of hydrogen-bond donors (Lipinski definition) is 2. The van der Waals surface area contributed by atoms with Crippen LogP contribution in [0.25, 0.3) is 0 Å². The van der Waals surface area contributed by atoms with Crippen LogP contribution in [0.4, 0.5) is 4.79 Å². The van der Waals surface area contributed by atoms with E-state index >= 15 is 0 Å². The zero-order chi connectivity index (χ0) is 11.8. The number of phenols is 1. The fourth-order valence-electron chi connectivity index (χ4n) is 1.38. The lowest BCUT2D eigenvalue weighted by Crippen LogP contribution is -2.25. The highest BCUT2D eigenvalue weighted by molar-refractivity contribution is 5.66. The van der Waals surface area contributed by atoms with Crippen molar-refractivity contribution < 1.29 is 14.6 Å². The molecule has 0 aliphatic carbocycles. The van der Waals surface area contributed by atoms with Gasteiger partial charge in [-0.3, -0.25) is 0 Å². The van der Waals surface area contributed by atoms with Crippen molar-refractivity contribution in [1.29, 1.82) is 0 Å². The van der Waals surface area contributed by atoms with Gasteiger partial charge in [-0.1, -0.05) is 12.1 Å². The Morgan fingerprint density at radius 2 is 2.31 bits per heavy atom. The Kier molecular flexibility index (Phi) is 5.19. The summed E-state index contributed by atoms with van der Waals surface area (Å²) in [5, 5.41) is 11.9. The van der Waals surface area contributed by atoms with E-state index in [2.05, 4.69) is 5.32 Å². The molecule has 0 aromatic heterocycles. The molecule has 0 radical (unpaired) electrons. The minimum absolute atomic E-state index is 0.274. The molecule has 0 heterocycles. The van der Waals surface area contributed by atoms with Crippen molar-refractivity contribution in [2.24, 2.45) is 0 Å². The number of amides is 1. The fraction of sp³-hybridized carbons (Fsp3) is 0.417. The highest BCUT2D eigenvalue weighted by Crippen LogP contribution is 2.11. The molecule has 0 atom stereocenters. The van der Waals surface area contributed by atoms with Crippen molar-refractivity contribution in [2.75, 3.05) is 13.2 Å². The predicted molar refractivity (Wildman–Crippen MR) is 61.5 cm³/mol. The van der Waals surface area contributed by atoms with Gasteiger partial charge in [-0.15, -0.1) is 0 Å². The van der Waals surface area contributed by atoms with Gasteiger partial charge in [-0.05, 0) is 37.5 Å². The number of nitrogens with one attached hydrogen (secondary N) is 1.